The molecule has 0 fully saturated rings. The molecule has 1 N–H and O–H groups in total. The molecule has 0 aromatic carbocycles. The number of carbonyl (C=O) groups excluding carboxylic acids is 1. The van der Waals surface area contributed by atoms with Crippen molar-refractivity contribution in [3.05, 3.63) is 0 Å². The molecule has 3 heteroatoms. The smallest absolute Gasteiger partial charge is 0.303 e. The number of nitrogens with one attached hydrogen (secondary N) is 1. The van der Waals surface area contributed by atoms with Crippen LogP contribution in [0.3, 0.4) is 0 Å². The summed E-state index contributed by atoms with van der Waals surface area (Å²) in [5.41, 5.74) is 0.454. The number of ether oxygens (including phenoxy) is 1. The van der Waals surface area contributed by atoms with Crippen LogP contribution in [0.5, 0.6) is 0 Å². The summed E-state index contributed by atoms with van der Waals surface area (Å²) >= 11 is 0. The zero-order valence-electron chi connectivity index (χ0n) is 6.60. The van der Waals surface area contributed by atoms with Crippen molar-refractivity contribution in [2.45, 2.75) is 33.3 Å². The van der Waals surface area contributed by atoms with Crippen LogP contribution in [0.1, 0.15) is 27.2 Å². The predicted octanol–water partition coefficient (Wildman–Crippen LogP) is 1.37. The molecule has 0 heterocycles. The molecule has 0 aliphatic rings. The molecule has 0 bridgehead atoms. The van der Waals surface area contributed by atoms with Crippen LogP contribution < -0.4 is 0 Å². The summed E-state index contributed by atoms with van der Waals surface area (Å²) in [7, 11) is 0. The summed E-state index contributed by atoms with van der Waals surface area (Å²) in [5.74, 6) is -0.328. The van der Waals surface area contributed by atoms with Gasteiger partial charge in [-0.2, -0.15) is 0 Å². The lowest BCUT2D eigenvalue weighted by Crippen LogP contribution is -2.21. The monoisotopic (exact) mass is 143 g/mol. The van der Waals surface area contributed by atoms with Gasteiger partial charge in [0.2, 0.25) is 0 Å². The number of carbonyl (C=O) groups is 1. The molecule has 0 saturated carbocycles. The van der Waals surface area contributed by atoms with Gasteiger partial charge in [-0.05, 0) is 13.3 Å². The van der Waals surface area contributed by atoms with Crippen molar-refractivity contribution in [1.82, 2.24) is 0 Å². The SMILES string of the molecule is CCC(=N)C(C)OC(C)=O. The molecule has 0 radical (unpaired) electrons. The van der Waals surface area contributed by atoms with Crippen LogP contribution in [0.2, 0.25) is 0 Å². The summed E-state index contributed by atoms with van der Waals surface area (Å²) in [6.45, 7) is 4.91. The number of hydrogen-bond acceptors (Lipinski definition) is 3. The summed E-state index contributed by atoms with van der Waals surface area (Å²) in [4.78, 5) is 10.4. The van der Waals surface area contributed by atoms with Gasteiger partial charge in [-0.15, -0.1) is 0 Å². The Morgan fingerprint density at radius 2 is 2.20 bits per heavy atom. The minimum atomic E-state index is -0.359. The highest BCUT2D eigenvalue weighted by Crippen LogP contribution is 1.96. The van der Waals surface area contributed by atoms with E-state index < -0.39 is 0 Å². The second-order valence-corrected chi connectivity index (χ2v) is 2.13. The fraction of sp³-hybridized carbons (Fsp3) is 0.714. The van der Waals surface area contributed by atoms with Crippen LogP contribution in [-0.4, -0.2) is 17.8 Å². The first-order valence-corrected chi connectivity index (χ1v) is 3.32. The van der Waals surface area contributed by atoms with E-state index in [1.807, 2.05) is 6.92 Å². The van der Waals surface area contributed by atoms with Crippen LogP contribution >= 0.6 is 0 Å². The van der Waals surface area contributed by atoms with Crippen molar-refractivity contribution in [2.75, 3.05) is 0 Å². The molecular weight excluding hydrogens is 130 g/mol. The standard InChI is InChI=1S/C7H13NO2/c1-4-7(8)5(2)10-6(3)9/h5,8H,4H2,1-3H3. The first-order chi connectivity index (χ1) is 4.57. The normalized spacial score (nSPS) is 12.3. The Bertz CT molecular complexity index is 143. The molecule has 0 aromatic rings. The lowest BCUT2D eigenvalue weighted by atomic mass is 10.2. The maximum absolute atomic E-state index is 10.4. The molecule has 1 atom stereocenters. The summed E-state index contributed by atoms with van der Waals surface area (Å²) in [6.07, 6.45) is 0.275. The summed E-state index contributed by atoms with van der Waals surface area (Å²) in [5, 5.41) is 7.26. The van der Waals surface area contributed by atoms with Crippen molar-refractivity contribution in [1.29, 1.82) is 5.41 Å². The van der Waals surface area contributed by atoms with E-state index in [1.54, 1.807) is 6.92 Å². The van der Waals surface area contributed by atoms with Crippen LogP contribution in [0.4, 0.5) is 0 Å². The van der Waals surface area contributed by atoms with Gasteiger partial charge in [-0.3, -0.25) is 4.79 Å². The van der Waals surface area contributed by atoms with Crippen molar-refractivity contribution in [3.63, 3.8) is 0 Å². The Labute approximate surface area is 60.9 Å². The maximum Gasteiger partial charge on any atom is 0.303 e. The molecule has 0 amide bonds. The van der Waals surface area contributed by atoms with Crippen molar-refractivity contribution in [2.24, 2.45) is 0 Å². The Kier molecular flexibility index (Phi) is 3.69. The first kappa shape index (κ1) is 9.14. The first-order valence-electron chi connectivity index (χ1n) is 3.32. The van der Waals surface area contributed by atoms with Crippen molar-refractivity contribution >= 4 is 11.7 Å². The highest BCUT2D eigenvalue weighted by Gasteiger charge is 2.08. The summed E-state index contributed by atoms with van der Waals surface area (Å²) < 4.78 is 4.74. The van der Waals surface area contributed by atoms with E-state index in [2.05, 4.69) is 0 Å². The molecule has 10 heavy (non-hydrogen) atoms. The Morgan fingerprint density at radius 1 is 1.70 bits per heavy atom. The lowest BCUT2D eigenvalue weighted by molar-refractivity contribution is -0.142. The van der Waals surface area contributed by atoms with E-state index in [0.717, 1.165) is 0 Å². The van der Waals surface area contributed by atoms with Gasteiger partial charge in [0, 0.05) is 12.6 Å². The average Bonchev–Trinajstić information content (AvgIpc) is 1.85. The molecule has 58 valence electrons. The number of rotatable bonds is 3. The number of esters is 1. The zero-order chi connectivity index (χ0) is 8.15. The Morgan fingerprint density at radius 3 is 2.50 bits per heavy atom. The molecular formula is C7H13NO2. The van der Waals surface area contributed by atoms with Gasteiger partial charge in [0.1, 0.15) is 6.10 Å². The van der Waals surface area contributed by atoms with E-state index in [9.17, 15) is 4.79 Å². The largest absolute Gasteiger partial charge is 0.457 e. The molecule has 0 aliphatic carbocycles. The minimum absolute atomic E-state index is 0.328. The van der Waals surface area contributed by atoms with Gasteiger partial charge >= 0.3 is 5.97 Å². The highest BCUT2D eigenvalue weighted by molar-refractivity contribution is 5.86. The third-order valence-corrected chi connectivity index (χ3v) is 1.21. The molecule has 0 rings (SSSR count). The predicted molar refractivity (Wildman–Crippen MR) is 39.2 cm³/mol. The summed E-state index contributed by atoms with van der Waals surface area (Å²) in [6, 6.07) is 0. The zero-order valence-corrected chi connectivity index (χ0v) is 6.60. The van der Waals surface area contributed by atoms with Gasteiger partial charge in [-0.25, -0.2) is 0 Å². The molecule has 3 nitrogen and oxygen atoms in total. The van der Waals surface area contributed by atoms with Crippen molar-refractivity contribution in [3.8, 4) is 0 Å². The molecule has 0 spiro atoms. The molecule has 0 saturated heterocycles. The quantitative estimate of drug-likeness (QED) is 0.479. The third kappa shape index (κ3) is 3.22. The van der Waals surface area contributed by atoms with Gasteiger partial charge < -0.3 is 10.1 Å². The van der Waals surface area contributed by atoms with Gasteiger partial charge in [0.25, 0.3) is 0 Å². The number of hydrogen-bond donors (Lipinski definition) is 1. The van der Waals surface area contributed by atoms with E-state index in [1.165, 1.54) is 6.92 Å². The van der Waals surface area contributed by atoms with Gasteiger partial charge in [0.05, 0.1) is 0 Å². The Hall–Kier alpha value is -0.860. The molecule has 0 aliphatic heterocycles. The van der Waals surface area contributed by atoms with Crippen LogP contribution in [-0.2, 0) is 9.53 Å². The highest BCUT2D eigenvalue weighted by atomic mass is 16.5. The second-order valence-electron chi connectivity index (χ2n) is 2.13. The molecule has 0 aromatic heterocycles. The van der Waals surface area contributed by atoms with Gasteiger partial charge in [0.15, 0.2) is 0 Å². The van der Waals surface area contributed by atoms with Crippen LogP contribution in [0, 0.1) is 5.41 Å². The third-order valence-electron chi connectivity index (χ3n) is 1.21. The maximum atomic E-state index is 10.4. The topological polar surface area (TPSA) is 50.1 Å². The van der Waals surface area contributed by atoms with E-state index in [4.69, 9.17) is 10.1 Å². The van der Waals surface area contributed by atoms with E-state index in [0.29, 0.717) is 12.1 Å². The minimum Gasteiger partial charge on any atom is -0.457 e. The fourth-order valence-corrected chi connectivity index (χ4v) is 0.608. The van der Waals surface area contributed by atoms with Crippen molar-refractivity contribution < 1.29 is 9.53 Å². The second kappa shape index (κ2) is 4.04. The van der Waals surface area contributed by atoms with Gasteiger partial charge in [-0.1, -0.05) is 6.92 Å². The van der Waals surface area contributed by atoms with Crippen LogP contribution in [0.25, 0.3) is 0 Å². The lowest BCUT2D eigenvalue weighted by Gasteiger charge is -2.10. The average molecular weight is 143 g/mol. The van der Waals surface area contributed by atoms with E-state index >= 15 is 0 Å². The van der Waals surface area contributed by atoms with E-state index in [-0.39, 0.29) is 12.1 Å². The Balaban J connectivity index is 3.72. The fourth-order valence-electron chi connectivity index (χ4n) is 0.608. The molecule has 1 unspecified atom stereocenters. The van der Waals surface area contributed by atoms with Crippen LogP contribution in [0.15, 0.2) is 0 Å².